The van der Waals surface area contributed by atoms with Crippen LogP contribution in [-0.4, -0.2) is 23.6 Å². The van der Waals surface area contributed by atoms with Gasteiger partial charge in [-0.2, -0.15) is 4.98 Å². The maximum atomic E-state index is 5.90. The van der Waals surface area contributed by atoms with E-state index in [-0.39, 0.29) is 0 Å². The molecule has 3 rings (SSSR count). The Morgan fingerprint density at radius 3 is 2.48 bits per heavy atom. The number of ether oxygens (including phenoxy) is 1. The molecule has 2 aromatic carbocycles. The second kappa shape index (κ2) is 8.35. The predicted molar refractivity (Wildman–Crippen MR) is 102 cm³/mol. The lowest BCUT2D eigenvalue weighted by Gasteiger charge is -2.09. The van der Waals surface area contributed by atoms with Crippen LogP contribution in [0, 0.1) is 0 Å². The highest BCUT2D eigenvalue weighted by Crippen LogP contribution is 2.18. The van der Waals surface area contributed by atoms with Gasteiger partial charge in [0.15, 0.2) is 0 Å². The van der Waals surface area contributed by atoms with Crippen LogP contribution < -0.4 is 15.4 Å². The fourth-order valence-electron chi connectivity index (χ4n) is 2.31. The molecule has 0 bridgehead atoms. The summed E-state index contributed by atoms with van der Waals surface area (Å²) in [4.78, 5) is 8.72. The smallest absolute Gasteiger partial charge is 0.229 e. The first-order valence-electron chi connectivity index (χ1n) is 7.95. The van der Waals surface area contributed by atoms with E-state index in [1.54, 1.807) is 13.3 Å². The minimum absolute atomic E-state index is 0.543. The molecule has 6 heteroatoms. The summed E-state index contributed by atoms with van der Waals surface area (Å²) >= 11 is 5.90. The summed E-state index contributed by atoms with van der Waals surface area (Å²) in [5, 5.41) is 7.24. The molecule has 25 heavy (non-hydrogen) atoms. The van der Waals surface area contributed by atoms with Crippen LogP contribution in [0.5, 0.6) is 5.75 Å². The molecule has 1 aromatic heterocycles. The maximum absolute atomic E-state index is 5.90. The Hall–Kier alpha value is -2.79. The van der Waals surface area contributed by atoms with E-state index in [0.29, 0.717) is 5.95 Å². The van der Waals surface area contributed by atoms with Crippen molar-refractivity contribution in [2.45, 2.75) is 6.42 Å². The number of nitrogens with one attached hydrogen (secondary N) is 2. The second-order valence-electron chi connectivity index (χ2n) is 5.42. The van der Waals surface area contributed by atoms with Crippen LogP contribution in [0.2, 0.25) is 5.02 Å². The third-order valence-electron chi connectivity index (χ3n) is 3.63. The lowest BCUT2D eigenvalue weighted by Crippen LogP contribution is -2.07. The van der Waals surface area contributed by atoms with Crippen LogP contribution >= 0.6 is 11.6 Å². The summed E-state index contributed by atoms with van der Waals surface area (Å²) in [6.45, 7) is 0.778. The number of rotatable bonds is 7. The van der Waals surface area contributed by atoms with E-state index in [2.05, 4.69) is 20.6 Å². The molecule has 128 valence electrons. The van der Waals surface area contributed by atoms with Gasteiger partial charge in [-0.1, -0.05) is 23.7 Å². The van der Waals surface area contributed by atoms with Crippen LogP contribution in [0.3, 0.4) is 0 Å². The molecule has 0 saturated heterocycles. The second-order valence-corrected chi connectivity index (χ2v) is 5.86. The summed E-state index contributed by atoms with van der Waals surface area (Å²) in [5.74, 6) is 2.13. The third-order valence-corrected chi connectivity index (χ3v) is 3.89. The highest BCUT2D eigenvalue weighted by molar-refractivity contribution is 6.30. The zero-order valence-corrected chi connectivity index (χ0v) is 14.6. The van der Waals surface area contributed by atoms with Crippen LogP contribution in [0.15, 0.2) is 60.8 Å². The standard InChI is InChI=1S/C19H19ClN4O/c1-25-17-8-6-16(7-9-17)23-19-22-13-11-18(24-19)21-12-10-14-2-4-15(20)5-3-14/h2-9,11,13H,10,12H2,1H3,(H2,21,22,23,24). The molecule has 0 aliphatic rings. The van der Waals surface area contributed by atoms with E-state index < -0.39 is 0 Å². The fraction of sp³-hybridized carbons (Fsp3) is 0.158. The molecule has 0 saturated carbocycles. The van der Waals surface area contributed by atoms with Gasteiger partial charge in [0.25, 0.3) is 0 Å². The van der Waals surface area contributed by atoms with E-state index in [1.165, 1.54) is 5.56 Å². The largest absolute Gasteiger partial charge is 0.497 e. The quantitative estimate of drug-likeness (QED) is 0.652. The number of benzene rings is 2. The Kier molecular flexibility index (Phi) is 5.69. The van der Waals surface area contributed by atoms with Gasteiger partial charge in [-0.15, -0.1) is 0 Å². The van der Waals surface area contributed by atoms with Crippen molar-refractivity contribution in [2.75, 3.05) is 24.3 Å². The van der Waals surface area contributed by atoms with Gasteiger partial charge < -0.3 is 15.4 Å². The Bertz CT molecular complexity index is 806. The third kappa shape index (κ3) is 5.09. The Labute approximate surface area is 152 Å². The van der Waals surface area contributed by atoms with Gasteiger partial charge in [0.05, 0.1) is 7.11 Å². The van der Waals surface area contributed by atoms with Crippen LogP contribution in [0.1, 0.15) is 5.56 Å². The van der Waals surface area contributed by atoms with Gasteiger partial charge in [-0.05, 0) is 54.4 Å². The van der Waals surface area contributed by atoms with Crippen LogP contribution in [0.25, 0.3) is 0 Å². The molecule has 0 amide bonds. The highest BCUT2D eigenvalue weighted by Gasteiger charge is 2.01. The van der Waals surface area contributed by atoms with E-state index in [4.69, 9.17) is 16.3 Å². The van der Waals surface area contributed by atoms with Crippen molar-refractivity contribution in [3.8, 4) is 5.75 Å². The zero-order chi connectivity index (χ0) is 17.5. The summed E-state index contributed by atoms with van der Waals surface area (Å²) in [5.41, 5.74) is 2.13. The molecule has 0 unspecified atom stereocenters. The van der Waals surface area contributed by atoms with Crippen molar-refractivity contribution in [1.82, 2.24) is 9.97 Å². The predicted octanol–water partition coefficient (Wildman–Crippen LogP) is 4.54. The number of nitrogens with zero attached hydrogens (tertiary/aromatic N) is 2. The Morgan fingerprint density at radius 1 is 1.00 bits per heavy atom. The Morgan fingerprint density at radius 2 is 1.76 bits per heavy atom. The summed E-state index contributed by atoms with van der Waals surface area (Å²) in [6.07, 6.45) is 2.62. The monoisotopic (exact) mass is 354 g/mol. The van der Waals surface area contributed by atoms with E-state index in [9.17, 15) is 0 Å². The van der Waals surface area contributed by atoms with Crippen molar-refractivity contribution in [3.63, 3.8) is 0 Å². The molecule has 1 heterocycles. The molecular weight excluding hydrogens is 336 g/mol. The van der Waals surface area contributed by atoms with Crippen molar-refractivity contribution in [1.29, 1.82) is 0 Å². The normalized spacial score (nSPS) is 10.3. The molecule has 0 aliphatic heterocycles. The number of hydrogen-bond acceptors (Lipinski definition) is 5. The molecule has 2 N–H and O–H groups in total. The molecule has 0 atom stereocenters. The number of aromatic nitrogens is 2. The van der Waals surface area contributed by atoms with Crippen molar-refractivity contribution in [2.24, 2.45) is 0 Å². The molecule has 0 spiro atoms. The number of halogens is 1. The zero-order valence-electron chi connectivity index (χ0n) is 13.9. The molecule has 0 fully saturated rings. The van der Waals surface area contributed by atoms with Gasteiger partial charge in [0.2, 0.25) is 5.95 Å². The number of hydrogen-bond donors (Lipinski definition) is 2. The highest BCUT2D eigenvalue weighted by atomic mass is 35.5. The topological polar surface area (TPSA) is 59.1 Å². The summed E-state index contributed by atoms with van der Waals surface area (Å²) < 4.78 is 5.15. The van der Waals surface area contributed by atoms with E-state index >= 15 is 0 Å². The lowest BCUT2D eigenvalue weighted by molar-refractivity contribution is 0.415. The molecule has 0 radical (unpaired) electrons. The average Bonchev–Trinajstić information content (AvgIpc) is 2.64. The maximum Gasteiger partial charge on any atom is 0.229 e. The summed E-state index contributed by atoms with van der Waals surface area (Å²) in [6, 6.07) is 17.3. The molecule has 3 aromatic rings. The minimum Gasteiger partial charge on any atom is -0.497 e. The van der Waals surface area contributed by atoms with Crippen LogP contribution in [0.4, 0.5) is 17.5 Å². The van der Waals surface area contributed by atoms with Gasteiger partial charge in [-0.3, -0.25) is 0 Å². The average molecular weight is 355 g/mol. The first-order chi connectivity index (χ1) is 12.2. The molecule has 0 aliphatic carbocycles. The van der Waals surface area contributed by atoms with Crippen molar-refractivity contribution < 1.29 is 4.74 Å². The number of anilines is 3. The van der Waals surface area contributed by atoms with E-state index in [1.807, 2.05) is 54.6 Å². The molecule has 5 nitrogen and oxygen atoms in total. The first kappa shape index (κ1) is 17.0. The SMILES string of the molecule is COc1ccc(Nc2nccc(NCCc3ccc(Cl)cc3)n2)cc1. The summed E-state index contributed by atoms with van der Waals surface area (Å²) in [7, 11) is 1.64. The van der Waals surface area contributed by atoms with Crippen molar-refractivity contribution >= 4 is 29.1 Å². The van der Waals surface area contributed by atoms with Gasteiger partial charge in [0, 0.05) is 23.5 Å². The van der Waals surface area contributed by atoms with Gasteiger partial charge in [0.1, 0.15) is 11.6 Å². The number of methoxy groups -OCH3 is 1. The van der Waals surface area contributed by atoms with Crippen LogP contribution in [-0.2, 0) is 6.42 Å². The fourth-order valence-corrected chi connectivity index (χ4v) is 2.43. The minimum atomic E-state index is 0.543. The Balaban J connectivity index is 1.56. The van der Waals surface area contributed by atoms with Crippen molar-refractivity contribution in [3.05, 3.63) is 71.4 Å². The van der Waals surface area contributed by atoms with Gasteiger partial charge >= 0.3 is 0 Å². The van der Waals surface area contributed by atoms with E-state index in [0.717, 1.165) is 35.2 Å². The van der Waals surface area contributed by atoms with Gasteiger partial charge in [-0.25, -0.2) is 4.98 Å². The first-order valence-corrected chi connectivity index (χ1v) is 8.33. The molecular formula is C19H19ClN4O. The lowest BCUT2D eigenvalue weighted by atomic mass is 10.1.